The molecule has 0 fully saturated rings. The summed E-state index contributed by atoms with van der Waals surface area (Å²) in [5.41, 5.74) is 6.12. The molecule has 0 aromatic heterocycles. The van der Waals surface area contributed by atoms with Gasteiger partial charge in [-0.3, -0.25) is 4.99 Å². The zero-order valence-electron chi connectivity index (χ0n) is 10.5. The van der Waals surface area contributed by atoms with Crippen LogP contribution in [0.2, 0.25) is 0 Å². The first-order valence-corrected chi connectivity index (χ1v) is 6.00. The van der Waals surface area contributed by atoms with Crippen LogP contribution in [0.3, 0.4) is 0 Å². The van der Waals surface area contributed by atoms with E-state index in [9.17, 15) is 8.78 Å². The molecule has 0 bridgehead atoms. The number of halogens is 2. The van der Waals surface area contributed by atoms with Crippen LogP contribution in [0, 0.1) is 17.6 Å². The first-order valence-electron chi connectivity index (χ1n) is 6.00. The fraction of sp³-hybridized carbons (Fsp3) is 0.462. The Kier molecular flexibility index (Phi) is 3.50. The Morgan fingerprint density at radius 1 is 1.44 bits per heavy atom. The molecule has 2 N–H and O–H groups in total. The molecule has 0 saturated heterocycles. The first kappa shape index (κ1) is 12.8. The topological polar surface area (TPSA) is 41.6 Å². The van der Waals surface area contributed by atoms with Gasteiger partial charge in [-0.25, -0.2) is 8.78 Å². The molecule has 2 rings (SSSR count). The maximum absolute atomic E-state index is 13.8. The van der Waals surface area contributed by atoms with Gasteiger partial charge < -0.3 is 10.6 Å². The van der Waals surface area contributed by atoms with Gasteiger partial charge in [-0.2, -0.15) is 0 Å². The molecule has 0 radical (unpaired) electrons. The molecular weight excluding hydrogens is 236 g/mol. The molecule has 1 unspecified atom stereocenters. The number of hydrogen-bond acceptors (Lipinski definition) is 3. The molecule has 1 aromatic carbocycles. The van der Waals surface area contributed by atoms with Gasteiger partial charge in [-0.05, 0) is 24.1 Å². The van der Waals surface area contributed by atoms with E-state index < -0.39 is 11.6 Å². The van der Waals surface area contributed by atoms with Crippen LogP contribution in [-0.4, -0.2) is 23.9 Å². The molecule has 0 saturated carbocycles. The Labute approximate surface area is 105 Å². The molecule has 0 aliphatic carbocycles. The minimum Gasteiger partial charge on any atom is -0.370 e. The monoisotopic (exact) mass is 253 g/mol. The van der Waals surface area contributed by atoms with E-state index in [4.69, 9.17) is 5.73 Å². The van der Waals surface area contributed by atoms with Crippen LogP contribution >= 0.6 is 0 Å². The Bertz CT molecular complexity index is 471. The number of aliphatic imine (C=N–C) groups is 1. The van der Waals surface area contributed by atoms with Crippen molar-refractivity contribution >= 4 is 5.96 Å². The number of hydrogen-bond donors (Lipinski definition) is 1. The maximum atomic E-state index is 13.8. The van der Waals surface area contributed by atoms with Gasteiger partial charge in [0.2, 0.25) is 0 Å². The average molecular weight is 253 g/mol. The summed E-state index contributed by atoms with van der Waals surface area (Å²) in [6.45, 7) is 5.14. The van der Waals surface area contributed by atoms with Crippen molar-refractivity contribution in [1.29, 1.82) is 0 Å². The lowest BCUT2D eigenvalue weighted by molar-refractivity contribution is 0.302. The smallest absolute Gasteiger partial charge is 0.191 e. The number of guanidine groups is 1. The summed E-state index contributed by atoms with van der Waals surface area (Å²) in [6.07, 6.45) is 0. The zero-order valence-corrected chi connectivity index (χ0v) is 10.5. The molecule has 0 amide bonds. The van der Waals surface area contributed by atoms with Crippen molar-refractivity contribution in [2.75, 3.05) is 13.1 Å². The van der Waals surface area contributed by atoms with Crippen LogP contribution in [-0.2, 0) is 0 Å². The summed E-state index contributed by atoms with van der Waals surface area (Å²) in [7, 11) is 0. The highest BCUT2D eigenvalue weighted by atomic mass is 19.1. The molecule has 0 spiro atoms. The fourth-order valence-electron chi connectivity index (χ4n) is 2.18. The number of nitrogens with zero attached hydrogens (tertiary/aromatic N) is 2. The van der Waals surface area contributed by atoms with Crippen LogP contribution in [0.1, 0.15) is 25.5 Å². The lowest BCUT2D eigenvalue weighted by Crippen LogP contribution is -2.38. The van der Waals surface area contributed by atoms with E-state index in [1.165, 1.54) is 6.07 Å². The Morgan fingerprint density at radius 2 is 2.17 bits per heavy atom. The number of rotatable bonds is 3. The zero-order chi connectivity index (χ0) is 13.3. The van der Waals surface area contributed by atoms with Crippen LogP contribution in [0.4, 0.5) is 8.78 Å². The molecular formula is C13H17F2N3. The van der Waals surface area contributed by atoms with Crippen molar-refractivity contribution in [3.05, 3.63) is 35.4 Å². The predicted octanol–water partition coefficient (Wildman–Crippen LogP) is 2.29. The van der Waals surface area contributed by atoms with E-state index in [1.807, 2.05) is 18.7 Å². The lowest BCUT2D eigenvalue weighted by Gasteiger charge is -2.28. The van der Waals surface area contributed by atoms with Gasteiger partial charge in [0.05, 0.1) is 12.6 Å². The van der Waals surface area contributed by atoms with Crippen LogP contribution in [0.5, 0.6) is 0 Å². The van der Waals surface area contributed by atoms with Gasteiger partial charge in [0.1, 0.15) is 11.6 Å². The minimum atomic E-state index is -0.443. The van der Waals surface area contributed by atoms with E-state index >= 15 is 0 Å². The van der Waals surface area contributed by atoms with Crippen molar-refractivity contribution in [1.82, 2.24) is 4.90 Å². The van der Waals surface area contributed by atoms with Gasteiger partial charge in [0.15, 0.2) is 5.96 Å². The van der Waals surface area contributed by atoms with Crippen LogP contribution in [0.25, 0.3) is 0 Å². The number of benzene rings is 1. The van der Waals surface area contributed by atoms with Crippen LogP contribution < -0.4 is 5.73 Å². The third kappa shape index (κ3) is 2.44. The summed E-state index contributed by atoms with van der Waals surface area (Å²) in [6, 6.07) is 3.18. The number of nitrogens with two attached hydrogens (primary N) is 1. The second kappa shape index (κ2) is 4.92. The Morgan fingerprint density at radius 3 is 2.83 bits per heavy atom. The normalized spacial score (nSPS) is 19.5. The highest BCUT2D eigenvalue weighted by molar-refractivity contribution is 5.80. The Hall–Kier alpha value is -1.65. The van der Waals surface area contributed by atoms with Gasteiger partial charge in [-0.15, -0.1) is 0 Å². The van der Waals surface area contributed by atoms with Crippen LogP contribution in [0.15, 0.2) is 23.2 Å². The second-order valence-corrected chi connectivity index (χ2v) is 4.93. The summed E-state index contributed by atoms with van der Waals surface area (Å²) < 4.78 is 27.0. The third-order valence-corrected chi connectivity index (χ3v) is 2.98. The molecule has 1 aliphatic rings. The van der Waals surface area contributed by atoms with E-state index in [2.05, 4.69) is 4.99 Å². The van der Waals surface area contributed by atoms with Crippen molar-refractivity contribution in [3.63, 3.8) is 0 Å². The molecule has 1 aliphatic heterocycles. The molecule has 1 aromatic rings. The molecule has 18 heavy (non-hydrogen) atoms. The van der Waals surface area contributed by atoms with Crippen molar-refractivity contribution in [2.45, 2.75) is 19.9 Å². The first-order chi connectivity index (χ1) is 8.49. The molecule has 1 heterocycles. The minimum absolute atomic E-state index is 0.303. The summed E-state index contributed by atoms with van der Waals surface area (Å²) in [5, 5.41) is 0. The predicted molar refractivity (Wildman–Crippen MR) is 67.1 cm³/mol. The molecule has 5 heteroatoms. The highest BCUT2D eigenvalue weighted by Gasteiger charge is 2.30. The molecule has 1 atom stereocenters. The largest absolute Gasteiger partial charge is 0.370 e. The second-order valence-electron chi connectivity index (χ2n) is 4.93. The summed E-state index contributed by atoms with van der Waals surface area (Å²) >= 11 is 0. The van der Waals surface area contributed by atoms with Gasteiger partial charge in [0, 0.05) is 12.1 Å². The summed E-state index contributed by atoms with van der Waals surface area (Å²) in [4.78, 5) is 5.97. The van der Waals surface area contributed by atoms with Crippen molar-refractivity contribution in [2.24, 2.45) is 16.6 Å². The van der Waals surface area contributed by atoms with E-state index in [1.54, 1.807) is 0 Å². The standard InChI is InChI=1S/C13H17F2N3/c1-8(2)7-18-12(6-17-13(18)16)10-5-9(14)3-4-11(10)15/h3-5,8,12H,6-7H2,1-2H3,(H2,16,17). The van der Waals surface area contributed by atoms with Gasteiger partial charge in [0.25, 0.3) is 0 Å². The fourth-order valence-corrected chi connectivity index (χ4v) is 2.18. The van der Waals surface area contributed by atoms with E-state index in [0.29, 0.717) is 30.5 Å². The Balaban J connectivity index is 2.30. The van der Waals surface area contributed by atoms with E-state index in [0.717, 1.165) is 12.1 Å². The summed E-state index contributed by atoms with van der Waals surface area (Å²) in [5.74, 6) is -0.0882. The quantitative estimate of drug-likeness (QED) is 0.898. The van der Waals surface area contributed by atoms with Crippen molar-refractivity contribution in [3.8, 4) is 0 Å². The lowest BCUT2D eigenvalue weighted by atomic mass is 10.0. The maximum Gasteiger partial charge on any atom is 0.191 e. The highest BCUT2D eigenvalue weighted by Crippen LogP contribution is 2.28. The van der Waals surface area contributed by atoms with Gasteiger partial charge in [-0.1, -0.05) is 13.8 Å². The van der Waals surface area contributed by atoms with E-state index in [-0.39, 0.29) is 6.04 Å². The average Bonchev–Trinajstić information content (AvgIpc) is 2.64. The third-order valence-electron chi connectivity index (χ3n) is 2.98. The van der Waals surface area contributed by atoms with Crippen molar-refractivity contribution < 1.29 is 8.78 Å². The molecule has 98 valence electrons. The van der Waals surface area contributed by atoms with Gasteiger partial charge >= 0.3 is 0 Å². The molecule has 3 nitrogen and oxygen atoms in total. The SMILES string of the molecule is CC(C)CN1C(N)=NCC1c1cc(F)ccc1F.